The minimum atomic E-state index is -3.35. The average molecular weight is 302 g/mol. The number of nitrogens with zero attached hydrogens (tertiary/aromatic N) is 3. The van der Waals surface area contributed by atoms with Gasteiger partial charge in [-0.1, -0.05) is 6.07 Å². The highest BCUT2D eigenvalue weighted by Crippen LogP contribution is 2.25. The van der Waals surface area contributed by atoms with Crippen molar-refractivity contribution in [1.29, 1.82) is 0 Å². The molecule has 1 aromatic carbocycles. The monoisotopic (exact) mass is 302 g/mol. The van der Waals surface area contributed by atoms with Crippen molar-refractivity contribution in [3.05, 3.63) is 48.3 Å². The maximum Gasteiger partial charge on any atom is 0.201 e. The third-order valence-corrected chi connectivity index (χ3v) is 4.39. The van der Waals surface area contributed by atoms with Crippen LogP contribution in [0.3, 0.4) is 0 Å². The first-order valence-electron chi connectivity index (χ1n) is 6.30. The van der Waals surface area contributed by atoms with Crippen molar-refractivity contribution in [2.24, 2.45) is 0 Å². The Hall–Kier alpha value is -2.41. The number of anilines is 1. The quantitative estimate of drug-likeness (QED) is 0.791. The van der Waals surface area contributed by atoms with E-state index in [1.165, 1.54) is 6.26 Å². The van der Waals surface area contributed by atoms with E-state index < -0.39 is 9.84 Å². The lowest BCUT2D eigenvalue weighted by molar-refractivity contribution is 0.602. The first-order chi connectivity index (χ1) is 9.97. The second-order valence-corrected chi connectivity index (χ2v) is 6.79. The molecule has 108 valence electrons. The number of aromatic nitrogens is 3. The standard InChI is InChI=1S/C14H14N4O2S/c1-21(19,20)12-4-2-3-11-13(12)17-14(15)18(11)9-10-5-7-16-8-6-10/h2-8H,9H2,1H3,(H2,15,17). The summed E-state index contributed by atoms with van der Waals surface area (Å²) in [6, 6.07) is 8.82. The van der Waals surface area contributed by atoms with Gasteiger partial charge in [0, 0.05) is 18.6 Å². The van der Waals surface area contributed by atoms with E-state index in [9.17, 15) is 8.42 Å². The first kappa shape index (κ1) is 13.6. The molecule has 0 atom stereocenters. The molecule has 0 saturated heterocycles. The number of fused-ring (bicyclic) bond motifs is 1. The molecule has 2 aromatic heterocycles. The molecule has 21 heavy (non-hydrogen) atoms. The number of benzene rings is 1. The number of nitrogens with two attached hydrogens (primary N) is 1. The van der Waals surface area contributed by atoms with Crippen LogP contribution in [0.2, 0.25) is 0 Å². The van der Waals surface area contributed by atoms with Crippen LogP contribution in [0.1, 0.15) is 5.56 Å². The summed E-state index contributed by atoms with van der Waals surface area (Å²) >= 11 is 0. The van der Waals surface area contributed by atoms with Crippen LogP contribution < -0.4 is 5.73 Å². The van der Waals surface area contributed by atoms with E-state index in [0.717, 1.165) is 5.56 Å². The molecule has 0 bridgehead atoms. The normalized spacial score (nSPS) is 11.9. The van der Waals surface area contributed by atoms with E-state index in [1.54, 1.807) is 29.1 Å². The number of pyridine rings is 1. The Balaban J connectivity index is 2.19. The van der Waals surface area contributed by atoms with E-state index in [1.807, 2.05) is 18.2 Å². The van der Waals surface area contributed by atoms with Crippen molar-refractivity contribution in [2.45, 2.75) is 11.4 Å². The van der Waals surface area contributed by atoms with Gasteiger partial charge in [-0.15, -0.1) is 0 Å². The number of hydrogen-bond acceptors (Lipinski definition) is 5. The SMILES string of the molecule is CS(=O)(=O)c1cccc2c1nc(N)n2Cc1ccncc1. The fraction of sp³-hybridized carbons (Fsp3) is 0.143. The molecule has 0 fully saturated rings. The molecule has 0 aliphatic carbocycles. The van der Waals surface area contributed by atoms with Gasteiger partial charge in [0.25, 0.3) is 0 Å². The minimum absolute atomic E-state index is 0.195. The summed E-state index contributed by atoms with van der Waals surface area (Å²) in [5.74, 6) is 0.290. The van der Waals surface area contributed by atoms with Gasteiger partial charge in [-0.05, 0) is 29.8 Å². The summed E-state index contributed by atoms with van der Waals surface area (Å²) in [6.45, 7) is 0.512. The number of rotatable bonds is 3. The molecule has 0 saturated carbocycles. The summed E-state index contributed by atoms with van der Waals surface area (Å²) in [7, 11) is -3.35. The first-order valence-corrected chi connectivity index (χ1v) is 8.19. The van der Waals surface area contributed by atoms with Crippen molar-refractivity contribution >= 4 is 26.8 Å². The van der Waals surface area contributed by atoms with Crippen molar-refractivity contribution in [3.8, 4) is 0 Å². The van der Waals surface area contributed by atoms with Gasteiger partial charge >= 0.3 is 0 Å². The number of para-hydroxylation sites is 1. The van der Waals surface area contributed by atoms with Gasteiger partial charge in [0.2, 0.25) is 5.95 Å². The lowest BCUT2D eigenvalue weighted by atomic mass is 10.2. The van der Waals surface area contributed by atoms with Crippen molar-refractivity contribution in [1.82, 2.24) is 14.5 Å². The summed E-state index contributed by atoms with van der Waals surface area (Å²) in [5.41, 5.74) is 8.08. The van der Waals surface area contributed by atoms with E-state index in [0.29, 0.717) is 17.6 Å². The molecule has 0 spiro atoms. The Kier molecular flexibility index (Phi) is 3.13. The van der Waals surface area contributed by atoms with Crippen molar-refractivity contribution in [3.63, 3.8) is 0 Å². The highest BCUT2D eigenvalue weighted by molar-refractivity contribution is 7.91. The Morgan fingerprint density at radius 2 is 1.90 bits per heavy atom. The number of sulfone groups is 1. The van der Waals surface area contributed by atoms with Gasteiger partial charge in [-0.2, -0.15) is 0 Å². The lowest BCUT2D eigenvalue weighted by Crippen LogP contribution is -2.04. The fourth-order valence-electron chi connectivity index (χ4n) is 2.28. The van der Waals surface area contributed by atoms with E-state index >= 15 is 0 Å². The van der Waals surface area contributed by atoms with Gasteiger partial charge in [-0.3, -0.25) is 4.98 Å². The second-order valence-electron chi connectivity index (χ2n) is 4.81. The lowest BCUT2D eigenvalue weighted by Gasteiger charge is -2.06. The second kappa shape index (κ2) is 4.85. The molecule has 0 aliphatic rings. The molecule has 0 aliphatic heterocycles. The van der Waals surface area contributed by atoms with Gasteiger partial charge in [0.05, 0.1) is 17.0 Å². The van der Waals surface area contributed by atoms with E-state index in [4.69, 9.17) is 5.73 Å². The van der Waals surface area contributed by atoms with Gasteiger partial charge in [0.15, 0.2) is 9.84 Å². The number of hydrogen-bond donors (Lipinski definition) is 1. The maximum absolute atomic E-state index is 11.8. The molecule has 0 radical (unpaired) electrons. The average Bonchev–Trinajstić information content (AvgIpc) is 2.75. The molecule has 3 rings (SSSR count). The van der Waals surface area contributed by atoms with Gasteiger partial charge in [-0.25, -0.2) is 13.4 Å². The molecular formula is C14H14N4O2S. The Morgan fingerprint density at radius 1 is 1.19 bits per heavy atom. The zero-order valence-corrected chi connectivity index (χ0v) is 12.2. The minimum Gasteiger partial charge on any atom is -0.369 e. The molecule has 3 aromatic rings. The van der Waals surface area contributed by atoms with Crippen LogP contribution >= 0.6 is 0 Å². The Labute approximate surface area is 122 Å². The fourth-order valence-corrected chi connectivity index (χ4v) is 3.10. The predicted octanol–water partition coefficient (Wildman–Crippen LogP) is 1.47. The van der Waals surface area contributed by atoms with Crippen LogP contribution in [-0.2, 0) is 16.4 Å². The summed E-state index contributed by atoms with van der Waals surface area (Å²) in [6.07, 6.45) is 4.57. The van der Waals surface area contributed by atoms with Crippen LogP contribution in [0.4, 0.5) is 5.95 Å². The van der Waals surface area contributed by atoms with Crippen molar-refractivity contribution in [2.75, 3.05) is 12.0 Å². The molecule has 0 unspecified atom stereocenters. The zero-order chi connectivity index (χ0) is 15.0. The van der Waals surface area contributed by atoms with Crippen molar-refractivity contribution < 1.29 is 8.42 Å². The van der Waals surface area contributed by atoms with Gasteiger partial charge < -0.3 is 10.3 Å². The molecule has 0 amide bonds. The van der Waals surface area contributed by atoms with Crippen LogP contribution in [0.15, 0.2) is 47.6 Å². The molecule has 2 N–H and O–H groups in total. The van der Waals surface area contributed by atoms with E-state index in [2.05, 4.69) is 9.97 Å². The van der Waals surface area contributed by atoms with E-state index in [-0.39, 0.29) is 10.8 Å². The van der Waals surface area contributed by atoms with Gasteiger partial charge in [0.1, 0.15) is 5.52 Å². The molecule has 6 nitrogen and oxygen atoms in total. The Bertz CT molecular complexity index is 901. The number of imidazole rings is 1. The summed E-state index contributed by atoms with van der Waals surface area (Å²) < 4.78 is 25.4. The number of nitrogen functional groups attached to an aromatic ring is 1. The van der Waals surface area contributed by atoms with Crippen LogP contribution in [-0.4, -0.2) is 29.2 Å². The molecule has 7 heteroatoms. The highest BCUT2D eigenvalue weighted by atomic mass is 32.2. The predicted molar refractivity (Wildman–Crippen MR) is 80.6 cm³/mol. The van der Waals surface area contributed by atoms with Crippen LogP contribution in [0.25, 0.3) is 11.0 Å². The third kappa shape index (κ3) is 2.47. The van der Waals surface area contributed by atoms with Crippen LogP contribution in [0, 0.1) is 0 Å². The van der Waals surface area contributed by atoms with Crippen LogP contribution in [0.5, 0.6) is 0 Å². The third-order valence-electron chi connectivity index (χ3n) is 3.26. The topological polar surface area (TPSA) is 90.9 Å². The zero-order valence-electron chi connectivity index (χ0n) is 11.4. The maximum atomic E-state index is 11.8. The Morgan fingerprint density at radius 3 is 2.57 bits per heavy atom. The summed E-state index contributed by atoms with van der Waals surface area (Å²) in [4.78, 5) is 8.39. The smallest absolute Gasteiger partial charge is 0.201 e. The highest BCUT2D eigenvalue weighted by Gasteiger charge is 2.17. The molecule has 2 heterocycles. The summed E-state index contributed by atoms with van der Waals surface area (Å²) in [5, 5.41) is 0. The molecular weight excluding hydrogens is 288 g/mol. The largest absolute Gasteiger partial charge is 0.369 e.